The first-order valence-electron chi connectivity index (χ1n) is 7.06. The van der Waals surface area contributed by atoms with Gasteiger partial charge in [-0.2, -0.15) is 0 Å². The Kier molecular flexibility index (Phi) is 7.67. The third-order valence-electron chi connectivity index (χ3n) is 3.20. The zero-order valence-corrected chi connectivity index (χ0v) is 15.9. The second-order valence-electron chi connectivity index (χ2n) is 5.12. The van der Waals surface area contributed by atoms with Crippen LogP contribution in [0.15, 0.2) is 53.5 Å². The molecule has 0 heterocycles. The summed E-state index contributed by atoms with van der Waals surface area (Å²) in [5.41, 5.74) is 9.04. The van der Waals surface area contributed by atoms with E-state index in [0.29, 0.717) is 12.5 Å². The van der Waals surface area contributed by atoms with E-state index in [4.69, 9.17) is 10.5 Å². The molecule has 0 amide bonds. The molecule has 6 heteroatoms. The number of nitrogens with one attached hydrogen (secondary N) is 1. The molecule has 0 radical (unpaired) electrons. The molecular formula is C17H23IN4O. The van der Waals surface area contributed by atoms with Crippen molar-refractivity contribution < 1.29 is 4.74 Å². The second kappa shape index (κ2) is 9.24. The van der Waals surface area contributed by atoms with Gasteiger partial charge in [0.15, 0.2) is 5.96 Å². The maximum Gasteiger partial charge on any atom is 0.193 e. The summed E-state index contributed by atoms with van der Waals surface area (Å²) in [6, 6.07) is 15.8. The van der Waals surface area contributed by atoms with Gasteiger partial charge in [0.25, 0.3) is 0 Å². The summed E-state index contributed by atoms with van der Waals surface area (Å²) in [6.45, 7) is 0.532. The minimum absolute atomic E-state index is 0. The number of anilines is 2. The lowest BCUT2D eigenvalue weighted by Gasteiger charge is -2.13. The molecule has 0 aliphatic heterocycles. The molecule has 23 heavy (non-hydrogen) atoms. The molecule has 2 aromatic carbocycles. The summed E-state index contributed by atoms with van der Waals surface area (Å²) < 4.78 is 5.18. The van der Waals surface area contributed by atoms with Crippen molar-refractivity contribution in [3.8, 4) is 5.75 Å². The zero-order chi connectivity index (χ0) is 15.9. The molecule has 3 N–H and O–H groups in total. The Labute approximate surface area is 154 Å². The summed E-state index contributed by atoms with van der Waals surface area (Å²) in [5.74, 6) is 1.15. The second-order valence-corrected chi connectivity index (χ2v) is 5.12. The maximum absolute atomic E-state index is 5.93. The van der Waals surface area contributed by atoms with Crippen molar-refractivity contribution >= 4 is 41.3 Å². The number of guanidine groups is 1. The molecule has 2 rings (SSSR count). The maximum atomic E-state index is 5.93. The quantitative estimate of drug-likeness (QED) is 0.438. The normalized spacial score (nSPS) is 10.7. The highest BCUT2D eigenvalue weighted by atomic mass is 127. The predicted octanol–water partition coefficient (Wildman–Crippen LogP) is 3.31. The fraction of sp³-hybridized carbons (Fsp3) is 0.235. The summed E-state index contributed by atoms with van der Waals surface area (Å²) >= 11 is 0. The van der Waals surface area contributed by atoms with Gasteiger partial charge < -0.3 is 20.7 Å². The number of aliphatic imine (C=N–C) groups is 1. The molecule has 124 valence electrons. The van der Waals surface area contributed by atoms with Gasteiger partial charge in [0.1, 0.15) is 5.75 Å². The van der Waals surface area contributed by atoms with Crippen LogP contribution >= 0.6 is 24.0 Å². The van der Waals surface area contributed by atoms with Crippen molar-refractivity contribution in [3.05, 3.63) is 54.1 Å². The van der Waals surface area contributed by atoms with Crippen molar-refractivity contribution in [2.75, 3.05) is 31.4 Å². The fourth-order valence-corrected chi connectivity index (χ4v) is 2.00. The molecule has 0 aromatic heterocycles. The average molecular weight is 426 g/mol. The van der Waals surface area contributed by atoms with E-state index in [1.54, 1.807) is 7.11 Å². The molecule has 0 saturated carbocycles. The first kappa shape index (κ1) is 19.1. The molecule has 0 saturated heterocycles. The Balaban J connectivity index is 0.00000264. The van der Waals surface area contributed by atoms with E-state index in [1.165, 1.54) is 0 Å². The van der Waals surface area contributed by atoms with Gasteiger partial charge in [0, 0.05) is 31.5 Å². The molecule has 0 aliphatic rings. The fourth-order valence-electron chi connectivity index (χ4n) is 2.00. The van der Waals surface area contributed by atoms with Gasteiger partial charge in [0.05, 0.1) is 13.7 Å². The number of nitrogens with two attached hydrogens (primary N) is 1. The van der Waals surface area contributed by atoms with Crippen LogP contribution in [0.2, 0.25) is 0 Å². The van der Waals surface area contributed by atoms with E-state index < -0.39 is 0 Å². The predicted molar refractivity (Wildman–Crippen MR) is 108 cm³/mol. The highest BCUT2D eigenvalue weighted by molar-refractivity contribution is 14.0. The van der Waals surface area contributed by atoms with Crippen LogP contribution in [0.5, 0.6) is 5.75 Å². The summed E-state index contributed by atoms with van der Waals surface area (Å²) in [4.78, 5) is 6.43. The number of halogens is 1. The van der Waals surface area contributed by atoms with Crippen molar-refractivity contribution in [3.63, 3.8) is 0 Å². The van der Waals surface area contributed by atoms with Gasteiger partial charge in [-0.15, -0.1) is 24.0 Å². The van der Waals surface area contributed by atoms with Crippen LogP contribution in [-0.2, 0) is 6.54 Å². The monoisotopic (exact) mass is 426 g/mol. The van der Waals surface area contributed by atoms with Crippen LogP contribution in [0.3, 0.4) is 0 Å². The van der Waals surface area contributed by atoms with E-state index >= 15 is 0 Å². The van der Waals surface area contributed by atoms with E-state index in [0.717, 1.165) is 22.7 Å². The SMILES string of the molecule is COc1cccc(NC(N)=NCc2cccc(N(C)C)c2)c1.I. The van der Waals surface area contributed by atoms with Gasteiger partial charge in [-0.1, -0.05) is 18.2 Å². The van der Waals surface area contributed by atoms with Gasteiger partial charge in [-0.25, -0.2) is 4.99 Å². The highest BCUT2D eigenvalue weighted by Gasteiger charge is 1.99. The number of rotatable bonds is 5. The van der Waals surface area contributed by atoms with Gasteiger partial charge >= 0.3 is 0 Å². The molecule has 2 aromatic rings. The van der Waals surface area contributed by atoms with Crippen LogP contribution in [0.25, 0.3) is 0 Å². The van der Waals surface area contributed by atoms with Crippen molar-refractivity contribution in [2.24, 2.45) is 10.7 Å². The first-order chi connectivity index (χ1) is 10.6. The molecule has 0 atom stereocenters. The average Bonchev–Trinajstić information content (AvgIpc) is 2.53. The van der Waals surface area contributed by atoms with Gasteiger partial charge in [-0.3, -0.25) is 0 Å². The Morgan fingerprint density at radius 1 is 1.17 bits per heavy atom. The first-order valence-corrected chi connectivity index (χ1v) is 7.06. The van der Waals surface area contributed by atoms with Crippen molar-refractivity contribution in [1.29, 1.82) is 0 Å². The number of hydrogen-bond donors (Lipinski definition) is 2. The lowest BCUT2D eigenvalue weighted by atomic mass is 10.2. The van der Waals surface area contributed by atoms with Crippen molar-refractivity contribution in [1.82, 2.24) is 0 Å². The lowest BCUT2D eigenvalue weighted by Crippen LogP contribution is -2.22. The van der Waals surface area contributed by atoms with Crippen LogP contribution < -0.4 is 20.7 Å². The van der Waals surface area contributed by atoms with Gasteiger partial charge in [-0.05, 0) is 29.8 Å². The summed E-state index contributed by atoms with van der Waals surface area (Å²) in [6.07, 6.45) is 0. The number of ether oxygens (including phenoxy) is 1. The van der Waals surface area contributed by atoms with E-state index in [9.17, 15) is 0 Å². The summed E-state index contributed by atoms with van der Waals surface area (Å²) in [7, 11) is 5.66. The Bertz CT molecular complexity index is 659. The molecular weight excluding hydrogens is 403 g/mol. The molecule has 0 bridgehead atoms. The molecule has 5 nitrogen and oxygen atoms in total. The van der Waals surface area contributed by atoms with E-state index in [2.05, 4.69) is 27.3 Å². The zero-order valence-electron chi connectivity index (χ0n) is 13.6. The Morgan fingerprint density at radius 2 is 1.91 bits per heavy atom. The number of nitrogens with zero attached hydrogens (tertiary/aromatic N) is 2. The minimum Gasteiger partial charge on any atom is -0.497 e. The smallest absolute Gasteiger partial charge is 0.193 e. The van der Waals surface area contributed by atoms with Crippen LogP contribution in [0, 0.1) is 0 Å². The van der Waals surface area contributed by atoms with Crippen LogP contribution in [0.1, 0.15) is 5.56 Å². The topological polar surface area (TPSA) is 62.9 Å². The van der Waals surface area contributed by atoms with Crippen LogP contribution in [0.4, 0.5) is 11.4 Å². The molecule has 0 spiro atoms. The minimum atomic E-state index is 0. The van der Waals surface area contributed by atoms with E-state index in [1.807, 2.05) is 50.5 Å². The molecule has 0 fully saturated rings. The van der Waals surface area contributed by atoms with Crippen molar-refractivity contribution in [2.45, 2.75) is 6.54 Å². The van der Waals surface area contributed by atoms with E-state index in [-0.39, 0.29) is 24.0 Å². The third-order valence-corrected chi connectivity index (χ3v) is 3.20. The number of benzene rings is 2. The molecule has 0 aliphatic carbocycles. The summed E-state index contributed by atoms with van der Waals surface area (Å²) in [5, 5.41) is 3.06. The Hall–Kier alpha value is -1.96. The molecule has 0 unspecified atom stereocenters. The van der Waals surface area contributed by atoms with Gasteiger partial charge in [0.2, 0.25) is 0 Å². The largest absolute Gasteiger partial charge is 0.497 e. The standard InChI is InChI=1S/C17H22N4O.HI/c1-21(2)15-8-4-6-13(10-15)12-19-17(18)20-14-7-5-9-16(11-14)22-3;/h4-11H,12H2,1-3H3,(H3,18,19,20);1H. The Morgan fingerprint density at radius 3 is 2.61 bits per heavy atom. The third kappa shape index (κ3) is 5.97. The number of methoxy groups -OCH3 is 1. The van der Waals surface area contributed by atoms with Crippen LogP contribution in [-0.4, -0.2) is 27.2 Å². The number of hydrogen-bond acceptors (Lipinski definition) is 3. The highest BCUT2D eigenvalue weighted by Crippen LogP contribution is 2.17. The lowest BCUT2D eigenvalue weighted by molar-refractivity contribution is 0.415.